The van der Waals surface area contributed by atoms with Gasteiger partial charge in [0.15, 0.2) is 0 Å². The van der Waals surface area contributed by atoms with Gasteiger partial charge in [0, 0.05) is 26.3 Å². The van der Waals surface area contributed by atoms with E-state index in [1.54, 1.807) is 0 Å². The summed E-state index contributed by atoms with van der Waals surface area (Å²) in [6.45, 7) is 10.7. The molecule has 1 N–H and O–H groups in total. The number of rotatable bonds is 5. The fourth-order valence-corrected chi connectivity index (χ4v) is 2.57. The summed E-state index contributed by atoms with van der Waals surface area (Å²) in [4.78, 5) is 0. The second-order valence-electron chi connectivity index (χ2n) is 6.42. The van der Waals surface area contributed by atoms with Crippen LogP contribution in [-0.2, 0) is 11.3 Å². The van der Waals surface area contributed by atoms with Crippen molar-refractivity contribution < 1.29 is 4.74 Å². The number of nitrogens with one attached hydrogen (secondary N) is 1. The van der Waals surface area contributed by atoms with E-state index in [1.165, 1.54) is 24.0 Å². The molecule has 0 aromatic heterocycles. The molecule has 0 radical (unpaired) electrons. The molecule has 0 saturated carbocycles. The Kier molecular flexibility index (Phi) is 5.00. The molecule has 0 bridgehead atoms. The van der Waals surface area contributed by atoms with Crippen molar-refractivity contribution in [1.29, 1.82) is 0 Å². The van der Waals surface area contributed by atoms with Crippen molar-refractivity contribution in [3.05, 3.63) is 35.4 Å². The molecule has 1 aromatic carbocycles. The van der Waals surface area contributed by atoms with Crippen LogP contribution in [0.3, 0.4) is 0 Å². The lowest BCUT2D eigenvalue weighted by atomic mass is 9.82. The van der Waals surface area contributed by atoms with Crippen LogP contribution in [0.5, 0.6) is 0 Å². The zero-order valence-electron chi connectivity index (χ0n) is 12.5. The van der Waals surface area contributed by atoms with Gasteiger partial charge in [-0.15, -0.1) is 0 Å². The summed E-state index contributed by atoms with van der Waals surface area (Å²) in [6.07, 6.45) is 2.35. The molecular formula is C17H27NO. The highest BCUT2D eigenvalue weighted by atomic mass is 16.5. The molecule has 0 unspecified atom stereocenters. The smallest absolute Gasteiger partial charge is 0.0471 e. The second-order valence-corrected chi connectivity index (χ2v) is 6.42. The van der Waals surface area contributed by atoms with Crippen LogP contribution in [0.15, 0.2) is 24.3 Å². The summed E-state index contributed by atoms with van der Waals surface area (Å²) in [5.74, 6) is 0.614. The summed E-state index contributed by atoms with van der Waals surface area (Å²) in [6, 6.07) is 8.99. The van der Waals surface area contributed by atoms with Gasteiger partial charge in [-0.1, -0.05) is 45.0 Å². The Morgan fingerprint density at radius 2 is 1.79 bits per heavy atom. The van der Waals surface area contributed by atoms with Gasteiger partial charge >= 0.3 is 0 Å². The molecule has 2 heteroatoms. The van der Waals surface area contributed by atoms with Crippen LogP contribution in [0, 0.1) is 5.41 Å². The summed E-state index contributed by atoms with van der Waals surface area (Å²) in [5.41, 5.74) is 3.20. The van der Waals surface area contributed by atoms with E-state index in [9.17, 15) is 0 Å². The second kappa shape index (κ2) is 6.53. The third kappa shape index (κ3) is 4.32. The average molecular weight is 261 g/mol. The Hall–Kier alpha value is -0.860. The summed E-state index contributed by atoms with van der Waals surface area (Å²) in [5, 5.41) is 3.61. The van der Waals surface area contributed by atoms with Gasteiger partial charge in [0.1, 0.15) is 0 Å². The molecule has 1 aliphatic heterocycles. The highest BCUT2D eigenvalue weighted by molar-refractivity contribution is 5.24. The molecule has 1 fully saturated rings. The first-order valence-electron chi connectivity index (χ1n) is 7.46. The van der Waals surface area contributed by atoms with Gasteiger partial charge in [0.2, 0.25) is 0 Å². The van der Waals surface area contributed by atoms with E-state index in [-0.39, 0.29) is 0 Å². The van der Waals surface area contributed by atoms with Crippen molar-refractivity contribution >= 4 is 0 Å². The molecule has 0 aliphatic carbocycles. The maximum Gasteiger partial charge on any atom is 0.0471 e. The molecule has 0 amide bonds. The van der Waals surface area contributed by atoms with Crippen LogP contribution < -0.4 is 5.32 Å². The monoisotopic (exact) mass is 261 g/mol. The van der Waals surface area contributed by atoms with Gasteiger partial charge in [0.05, 0.1) is 0 Å². The first kappa shape index (κ1) is 14.5. The van der Waals surface area contributed by atoms with Crippen LogP contribution >= 0.6 is 0 Å². The van der Waals surface area contributed by atoms with Gasteiger partial charge in [-0.05, 0) is 35.3 Å². The third-order valence-corrected chi connectivity index (χ3v) is 4.23. The highest BCUT2D eigenvalue weighted by Crippen LogP contribution is 2.28. The van der Waals surface area contributed by atoms with Crippen LogP contribution in [0.4, 0.5) is 0 Å². The molecule has 2 nitrogen and oxygen atoms in total. The quantitative estimate of drug-likeness (QED) is 0.872. The molecule has 106 valence electrons. The Morgan fingerprint density at radius 3 is 2.37 bits per heavy atom. The summed E-state index contributed by atoms with van der Waals surface area (Å²) in [7, 11) is 0. The van der Waals surface area contributed by atoms with Crippen LogP contribution in [-0.4, -0.2) is 19.8 Å². The zero-order chi connectivity index (χ0) is 13.7. The van der Waals surface area contributed by atoms with Crippen molar-refractivity contribution in [3.8, 4) is 0 Å². The van der Waals surface area contributed by atoms with E-state index in [2.05, 4.69) is 50.4 Å². The number of hydrogen-bond donors (Lipinski definition) is 1. The van der Waals surface area contributed by atoms with Crippen molar-refractivity contribution in [1.82, 2.24) is 5.32 Å². The van der Waals surface area contributed by atoms with Crippen LogP contribution in [0.1, 0.15) is 50.7 Å². The average Bonchev–Trinajstić information content (AvgIpc) is 2.40. The number of benzene rings is 1. The van der Waals surface area contributed by atoms with Crippen LogP contribution in [0.25, 0.3) is 0 Å². The van der Waals surface area contributed by atoms with Crippen LogP contribution in [0.2, 0.25) is 0 Å². The molecule has 0 spiro atoms. The van der Waals surface area contributed by atoms with Crippen molar-refractivity contribution in [3.63, 3.8) is 0 Å². The lowest BCUT2D eigenvalue weighted by molar-refractivity contribution is 0.0240. The molecule has 1 aromatic rings. The lowest BCUT2D eigenvalue weighted by Gasteiger charge is -2.33. The lowest BCUT2D eigenvalue weighted by Crippen LogP contribution is -2.36. The van der Waals surface area contributed by atoms with Gasteiger partial charge in [-0.2, -0.15) is 0 Å². The standard InChI is InChI=1S/C17H27NO/c1-14(2)16-6-4-15(5-7-16)12-18-13-17(3)8-10-19-11-9-17/h4-7,14,18H,8-13H2,1-3H3. The SMILES string of the molecule is CC(C)c1ccc(CNCC2(C)CCOCC2)cc1. The molecule has 2 rings (SSSR count). The highest BCUT2D eigenvalue weighted by Gasteiger charge is 2.26. The first-order chi connectivity index (χ1) is 9.09. The minimum Gasteiger partial charge on any atom is -0.381 e. The summed E-state index contributed by atoms with van der Waals surface area (Å²) < 4.78 is 5.44. The van der Waals surface area contributed by atoms with Crippen molar-refractivity contribution in [2.75, 3.05) is 19.8 Å². The topological polar surface area (TPSA) is 21.3 Å². The fourth-order valence-electron chi connectivity index (χ4n) is 2.57. The molecule has 1 heterocycles. The van der Waals surface area contributed by atoms with E-state index in [4.69, 9.17) is 4.74 Å². The maximum absolute atomic E-state index is 5.44. The fraction of sp³-hybridized carbons (Fsp3) is 0.647. The van der Waals surface area contributed by atoms with E-state index in [0.29, 0.717) is 11.3 Å². The van der Waals surface area contributed by atoms with E-state index < -0.39 is 0 Å². The predicted molar refractivity (Wildman–Crippen MR) is 80.4 cm³/mol. The normalized spacial score (nSPS) is 18.7. The molecule has 0 atom stereocenters. The Balaban J connectivity index is 1.79. The van der Waals surface area contributed by atoms with E-state index in [0.717, 1.165) is 26.3 Å². The van der Waals surface area contributed by atoms with Crippen molar-refractivity contribution in [2.45, 2.75) is 46.1 Å². The largest absolute Gasteiger partial charge is 0.381 e. The number of hydrogen-bond acceptors (Lipinski definition) is 2. The van der Waals surface area contributed by atoms with Crippen molar-refractivity contribution in [2.24, 2.45) is 5.41 Å². The Labute approximate surface area is 117 Å². The molecule has 19 heavy (non-hydrogen) atoms. The zero-order valence-corrected chi connectivity index (χ0v) is 12.5. The maximum atomic E-state index is 5.44. The van der Waals surface area contributed by atoms with E-state index in [1.807, 2.05) is 0 Å². The molecular weight excluding hydrogens is 234 g/mol. The van der Waals surface area contributed by atoms with Gasteiger partial charge in [-0.3, -0.25) is 0 Å². The first-order valence-corrected chi connectivity index (χ1v) is 7.46. The Bertz CT molecular complexity index is 377. The summed E-state index contributed by atoms with van der Waals surface area (Å²) >= 11 is 0. The predicted octanol–water partition coefficient (Wildman–Crippen LogP) is 3.72. The van der Waals surface area contributed by atoms with Gasteiger partial charge in [0.25, 0.3) is 0 Å². The van der Waals surface area contributed by atoms with Gasteiger partial charge < -0.3 is 10.1 Å². The Morgan fingerprint density at radius 1 is 1.16 bits per heavy atom. The minimum absolute atomic E-state index is 0.413. The minimum atomic E-state index is 0.413. The van der Waals surface area contributed by atoms with Gasteiger partial charge in [-0.25, -0.2) is 0 Å². The molecule has 1 aliphatic rings. The van der Waals surface area contributed by atoms with E-state index >= 15 is 0 Å². The number of ether oxygens (including phenoxy) is 1. The molecule has 1 saturated heterocycles. The third-order valence-electron chi connectivity index (χ3n) is 4.23.